The molecule has 0 aliphatic heterocycles. The van der Waals surface area contributed by atoms with E-state index in [1.165, 1.54) is 46.4 Å². The number of rotatable bonds is 7. The van der Waals surface area contributed by atoms with Gasteiger partial charge in [-0.1, -0.05) is 12.1 Å². The smallest absolute Gasteiger partial charge is 0.311 e. The lowest BCUT2D eigenvalue weighted by Gasteiger charge is -2.08. The first kappa shape index (κ1) is 20.4. The van der Waals surface area contributed by atoms with Crippen molar-refractivity contribution in [3.63, 3.8) is 0 Å². The molecule has 0 saturated heterocycles. The van der Waals surface area contributed by atoms with Gasteiger partial charge in [0.1, 0.15) is 5.82 Å². The first-order valence-electron chi connectivity index (χ1n) is 8.81. The van der Waals surface area contributed by atoms with Crippen LogP contribution in [0.2, 0.25) is 0 Å². The van der Waals surface area contributed by atoms with Crippen molar-refractivity contribution in [1.82, 2.24) is 9.55 Å². The third kappa shape index (κ3) is 5.58. The molecule has 0 radical (unpaired) electrons. The third-order valence-corrected chi connectivity index (χ3v) is 4.70. The molecule has 1 N–H and O–H groups in total. The van der Waals surface area contributed by atoms with Crippen molar-refractivity contribution in [2.24, 2.45) is 0 Å². The Hall–Kier alpha value is -3.33. The lowest BCUT2D eigenvalue weighted by molar-refractivity contribution is -0.142. The van der Waals surface area contributed by atoms with Crippen LogP contribution < -0.4 is 10.9 Å². The standard InChI is InChI=1S/C20H18FN3O4S/c1-2-28-18(26)9-16-12-29-20(22-16)23-19(27)14-6-7-17(25)24(11-14)10-13-4-3-5-15(21)8-13/h3-8,11-12H,2,9-10H2,1H3,(H,22,23,27). The predicted octanol–water partition coefficient (Wildman–Crippen LogP) is 2.85. The molecule has 29 heavy (non-hydrogen) atoms. The number of hydrogen-bond donors (Lipinski definition) is 1. The Morgan fingerprint density at radius 2 is 2.10 bits per heavy atom. The molecule has 3 rings (SSSR count). The summed E-state index contributed by atoms with van der Waals surface area (Å²) < 4.78 is 19.6. The Labute approximate surface area is 169 Å². The van der Waals surface area contributed by atoms with Crippen molar-refractivity contribution in [3.05, 3.63) is 81.0 Å². The number of anilines is 1. The fraction of sp³-hybridized carbons (Fsp3) is 0.200. The summed E-state index contributed by atoms with van der Waals surface area (Å²) in [6.45, 7) is 2.15. The Kier molecular flexibility index (Phi) is 6.50. The van der Waals surface area contributed by atoms with Crippen molar-refractivity contribution in [3.8, 4) is 0 Å². The number of nitrogens with one attached hydrogen (secondary N) is 1. The van der Waals surface area contributed by atoms with Gasteiger partial charge in [-0.15, -0.1) is 11.3 Å². The van der Waals surface area contributed by atoms with Crippen LogP contribution in [0.25, 0.3) is 0 Å². The maximum absolute atomic E-state index is 13.4. The molecule has 0 aliphatic rings. The molecule has 0 aliphatic carbocycles. The molecule has 1 aromatic carbocycles. The summed E-state index contributed by atoms with van der Waals surface area (Å²) >= 11 is 1.18. The molecule has 9 heteroatoms. The van der Waals surface area contributed by atoms with E-state index < -0.39 is 11.7 Å². The molecule has 2 heterocycles. The highest BCUT2D eigenvalue weighted by Gasteiger charge is 2.13. The number of nitrogens with zero attached hydrogens (tertiary/aromatic N) is 2. The Bertz CT molecular complexity index is 1090. The molecule has 0 atom stereocenters. The number of hydrogen-bond acceptors (Lipinski definition) is 6. The van der Waals surface area contributed by atoms with Gasteiger partial charge in [0.05, 0.1) is 30.8 Å². The van der Waals surface area contributed by atoms with Crippen LogP contribution in [0.4, 0.5) is 9.52 Å². The minimum atomic E-state index is -0.449. The van der Waals surface area contributed by atoms with E-state index in [4.69, 9.17) is 4.74 Å². The van der Waals surface area contributed by atoms with Gasteiger partial charge in [0, 0.05) is 17.6 Å². The van der Waals surface area contributed by atoms with Crippen LogP contribution in [0.3, 0.4) is 0 Å². The van der Waals surface area contributed by atoms with Crippen LogP contribution in [0.1, 0.15) is 28.5 Å². The van der Waals surface area contributed by atoms with Crippen LogP contribution in [0.15, 0.2) is 52.8 Å². The van der Waals surface area contributed by atoms with Gasteiger partial charge in [-0.05, 0) is 30.7 Å². The molecular weight excluding hydrogens is 397 g/mol. The van der Waals surface area contributed by atoms with E-state index in [2.05, 4.69) is 10.3 Å². The molecule has 0 fully saturated rings. The second kappa shape index (κ2) is 9.24. The van der Waals surface area contributed by atoms with E-state index in [-0.39, 0.29) is 36.7 Å². The van der Waals surface area contributed by atoms with Gasteiger partial charge in [-0.25, -0.2) is 9.37 Å². The molecule has 0 bridgehead atoms. The number of ether oxygens (including phenoxy) is 1. The first-order valence-corrected chi connectivity index (χ1v) is 9.69. The number of amides is 1. The maximum Gasteiger partial charge on any atom is 0.311 e. The monoisotopic (exact) mass is 415 g/mol. The van der Waals surface area contributed by atoms with Crippen LogP contribution in [-0.2, 0) is 22.5 Å². The van der Waals surface area contributed by atoms with Gasteiger partial charge < -0.3 is 9.30 Å². The van der Waals surface area contributed by atoms with E-state index in [9.17, 15) is 18.8 Å². The summed E-state index contributed by atoms with van der Waals surface area (Å²) in [4.78, 5) is 40.3. The van der Waals surface area contributed by atoms with Gasteiger partial charge in [-0.2, -0.15) is 0 Å². The van der Waals surface area contributed by atoms with E-state index in [1.807, 2.05) is 0 Å². The summed E-state index contributed by atoms with van der Waals surface area (Å²) in [5, 5.41) is 4.64. The van der Waals surface area contributed by atoms with Gasteiger partial charge in [0.2, 0.25) is 0 Å². The third-order valence-electron chi connectivity index (χ3n) is 3.89. The Morgan fingerprint density at radius 1 is 1.28 bits per heavy atom. The Morgan fingerprint density at radius 3 is 2.86 bits per heavy atom. The topological polar surface area (TPSA) is 90.3 Å². The SMILES string of the molecule is CCOC(=O)Cc1csc(NC(=O)c2ccc(=O)n(Cc3cccc(F)c3)c2)n1. The average Bonchev–Trinajstić information content (AvgIpc) is 3.10. The number of esters is 1. The summed E-state index contributed by atoms with van der Waals surface area (Å²) in [6.07, 6.45) is 1.44. The number of benzene rings is 1. The van der Waals surface area contributed by atoms with Crippen molar-refractivity contribution in [2.75, 3.05) is 11.9 Å². The molecular formula is C20H18FN3O4S. The molecule has 3 aromatic rings. The van der Waals surface area contributed by atoms with Crippen LogP contribution in [-0.4, -0.2) is 28.0 Å². The predicted molar refractivity (Wildman–Crippen MR) is 107 cm³/mol. The number of pyridine rings is 1. The van der Waals surface area contributed by atoms with E-state index in [0.717, 1.165) is 0 Å². The summed E-state index contributed by atoms with van der Waals surface area (Å²) in [5.74, 6) is -1.23. The van der Waals surface area contributed by atoms with Gasteiger partial charge in [0.15, 0.2) is 5.13 Å². The second-order valence-corrected chi connectivity index (χ2v) is 6.95. The van der Waals surface area contributed by atoms with Crippen LogP contribution >= 0.6 is 11.3 Å². The van der Waals surface area contributed by atoms with Crippen molar-refractivity contribution >= 4 is 28.3 Å². The van der Waals surface area contributed by atoms with E-state index >= 15 is 0 Å². The van der Waals surface area contributed by atoms with Gasteiger partial charge in [-0.3, -0.25) is 19.7 Å². The lowest BCUT2D eigenvalue weighted by atomic mass is 10.2. The minimum absolute atomic E-state index is 0.0265. The van der Waals surface area contributed by atoms with E-state index in [0.29, 0.717) is 16.4 Å². The molecule has 0 unspecified atom stereocenters. The van der Waals surface area contributed by atoms with Crippen molar-refractivity contribution in [1.29, 1.82) is 0 Å². The van der Waals surface area contributed by atoms with Crippen molar-refractivity contribution in [2.45, 2.75) is 19.9 Å². The molecule has 0 spiro atoms. The van der Waals surface area contributed by atoms with Gasteiger partial charge >= 0.3 is 5.97 Å². The van der Waals surface area contributed by atoms with E-state index in [1.54, 1.807) is 24.4 Å². The highest BCUT2D eigenvalue weighted by atomic mass is 32.1. The fourth-order valence-corrected chi connectivity index (χ4v) is 3.30. The number of aromatic nitrogens is 2. The van der Waals surface area contributed by atoms with Crippen LogP contribution in [0, 0.1) is 5.82 Å². The lowest BCUT2D eigenvalue weighted by Crippen LogP contribution is -2.22. The summed E-state index contributed by atoms with van der Waals surface area (Å²) in [7, 11) is 0. The normalized spacial score (nSPS) is 10.6. The molecule has 150 valence electrons. The largest absolute Gasteiger partial charge is 0.466 e. The zero-order valence-electron chi connectivity index (χ0n) is 15.6. The molecule has 1 amide bonds. The number of carbonyl (C=O) groups excluding carboxylic acids is 2. The van der Waals surface area contributed by atoms with Crippen molar-refractivity contribution < 1.29 is 18.7 Å². The zero-order valence-corrected chi connectivity index (χ0v) is 16.4. The highest BCUT2D eigenvalue weighted by molar-refractivity contribution is 7.14. The number of carbonyl (C=O) groups is 2. The van der Waals surface area contributed by atoms with Crippen LogP contribution in [0.5, 0.6) is 0 Å². The Balaban J connectivity index is 1.71. The molecule has 0 saturated carbocycles. The second-order valence-electron chi connectivity index (χ2n) is 6.09. The number of halogens is 1. The first-order chi connectivity index (χ1) is 13.9. The highest BCUT2D eigenvalue weighted by Crippen LogP contribution is 2.17. The summed E-state index contributed by atoms with van der Waals surface area (Å²) in [5.41, 5.74) is 1.05. The summed E-state index contributed by atoms with van der Waals surface area (Å²) in [6, 6.07) is 8.60. The minimum Gasteiger partial charge on any atom is -0.466 e. The zero-order chi connectivity index (χ0) is 20.8. The fourth-order valence-electron chi connectivity index (χ4n) is 2.60. The van der Waals surface area contributed by atoms with Gasteiger partial charge in [0.25, 0.3) is 11.5 Å². The maximum atomic E-state index is 13.4. The quantitative estimate of drug-likeness (QED) is 0.600. The molecule has 2 aromatic heterocycles. The average molecular weight is 415 g/mol. The number of thiazole rings is 1. The molecule has 7 nitrogen and oxygen atoms in total.